The van der Waals surface area contributed by atoms with Gasteiger partial charge in [0.2, 0.25) is 0 Å². The molecule has 1 saturated heterocycles. The first-order valence-corrected chi connectivity index (χ1v) is 8.89. The summed E-state index contributed by atoms with van der Waals surface area (Å²) in [6, 6.07) is 0.560. The number of thioether (sulfide) groups is 1. The van der Waals surface area contributed by atoms with Gasteiger partial charge in [0.25, 0.3) is 0 Å². The third-order valence-corrected chi connectivity index (χ3v) is 4.91. The zero-order chi connectivity index (χ0) is 13.2. The van der Waals surface area contributed by atoms with Crippen molar-refractivity contribution in [3.05, 3.63) is 0 Å². The summed E-state index contributed by atoms with van der Waals surface area (Å²) in [6.07, 6.45) is 7.10. The average Bonchev–Trinajstić information content (AvgIpc) is 2.43. The van der Waals surface area contributed by atoms with Gasteiger partial charge in [0, 0.05) is 17.5 Å². The van der Waals surface area contributed by atoms with Gasteiger partial charge in [0.05, 0.1) is 12.7 Å². The summed E-state index contributed by atoms with van der Waals surface area (Å²) in [7, 11) is 0. The SMILES string of the molecule is CCCCC(CC)CC(NCC)C1CSCCO1. The maximum Gasteiger partial charge on any atom is 0.0818 e. The smallest absolute Gasteiger partial charge is 0.0818 e. The van der Waals surface area contributed by atoms with Gasteiger partial charge in [-0.15, -0.1) is 0 Å². The van der Waals surface area contributed by atoms with E-state index in [2.05, 4.69) is 26.1 Å². The molecule has 1 rings (SSSR count). The highest BCUT2D eigenvalue weighted by Crippen LogP contribution is 2.24. The summed E-state index contributed by atoms with van der Waals surface area (Å²) in [6.45, 7) is 8.81. The van der Waals surface area contributed by atoms with Gasteiger partial charge in [-0.1, -0.05) is 46.5 Å². The second-order valence-electron chi connectivity index (χ2n) is 5.30. The van der Waals surface area contributed by atoms with Gasteiger partial charge < -0.3 is 10.1 Å². The topological polar surface area (TPSA) is 21.3 Å². The van der Waals surface area contributed by atoms with Crippen molar-refractivity contribution in [1.29, 1.82) is 0 Å². The molecule has 2 nitrogen and oxygen atoms in total. The molecular formula is C15H31NOS. The standard InChI is InChI=1S/C15H31NOS/c1-4-7-8-13(5-2)11-14(16-6-3)15-12-18-10-9-17-15/h13-16H,4-12H2,1-3H3. The zero-order valence-electron chi connectivity index (χ0n) is 12.4. The van der Waals surface area contributed by atoms with Crippen molar-refractivity contribution in [3.8, 4) is 0 Å². The molecule has 0 amide bonds. The van der Waals surface area contributed by atoms with Crippen LogP contribution in [0.15, 0.2) is 0 Å². The third kappa shape index (κ3) is 5.94. The molecule has 108 valence electrons. The highest BCUT2D eigenvalue weighted by molar-refractivity contribution is 7.99. The molecule has 0 spiro atoms. The first-order valence-electron chi connectivity index (χ1n) is 7.74. The predicted octanol–water partition coefficient (Wildman–Crippen LogP) is 3.70. The van der Waals surface area contributed by atoms with Gasteiger partial charge in [-0.25, -0.2) is 0 Å². The molecule has 0 saturated carbocycles. The molecule has 0 aromatic carbocycles. The number of nitrogens with one attached hydrogen (secondary N) is 1. The van der Waals surface area contributed by atoms with E-state index in [0.29, 0.717) is 12.1 Å². The molecule has 3 atom stereocenters. The van der Waals surface area contributed by atoms with E-state index in [1.54, 1.807) is 0 Å². The average molecular weight is 273 g/mol. The van der Waals surface area contributed by atoms with Gasteiger partial charge in [-0.05, 0) is 18.9 Å². The van der Waals surface area contributed by atoms with Crippen LogP contribution < -0.4 is 5.32 Å². The molecule has 0 bridgehead atoms. The molecule has 1 N–H and O–H groups in total. The Morgan fingerprint density at radius 3 is 2.72 bits per heavy atom. The minimum atomic E-state index is 0.430. The predicted molar refractivity (Wildman–Crippen MR) is 82.5 cm³/mol. The largest absolute Gasteiger partial charge is 0.375 e. The maximum absolute atomic E-state index is 5.96. The summed E-state index contributed by atoms with van der Waals surface area (Å²) in [4.78, 5) is 0. The van der Waals surface area contributed by atoms with Crippen LogP contribution >= 0.6 is 11.8 Å². The summed E-state index contributed by atoms with van der Waals surface area (Å²) in [5, 5.41) is 3.66. The van der Waals surface area contributed by atoms with Crippen LogP contribution in [0.5, 0.6) is 0 Å². The van der Waals surface area contributed by atoms with Gasteiger partial charge in [0.1, 0.15) is 0 Å². The number of hydrogen-bond donors (Lipinski definition) is 1. The lowest BCUT2D eigenvalue weighted by molar-refractivity contribution is 0.0398. The number of ether oxygens (including phenoxy) is 1. The second kappa shape index (κ2) is 10.1. The highest BCUT2D eigenvalue weighted by atomic mass is 32.2. The van der Waals surface area contributed by atoms with Crippen LogP contribution in [-0.2, 0) is 4.74 Å². The van der Waals surface area contributed by atoms with Gasteiger partial charge in [-0.2, -0.15) is 11.8 Å². The molecule has 3 heteroatoms. The Morgan fingerprint density at radius 1 is 1.33 bits per heavy atom. The van der Waals surface area contributed by atoms with Gasteiger partial charge >= 0.3 is 0 Å². The van der Waals surface area contributed by atoms with Crippen LogP contribution in [0.1, 0.15) is 52.9 Å². The zero-order valence-corrected chi connectivity index (χ0v) is 13.2. The Kier molecular flexibility index (Phi) is 9.16. The lowest BCUT2D eigenvalue weighted by atomic mass is 9.90. The van der Waals surface area contributed by atoms with Gasteiger partial charge in [0.15, 0.2) is 0 Å². The summed E-state index contributed by atoms with van der Waals surface area (Å²) < 4.78 is 5.96. The molecule has 0 aromatic heterocycles. The van der Waals surface area contributed by atoms with Crippen molar-refractivity contribution >= 4 is 11.8 Å². The van der Waals surface area contributed by atoms with Crippen molar-refractivity contribution in [3.63, 3.8) is 0 Å². The Balaban J connectivity index is 2.43. The summed E-state index contributed by atoms with van der Waals surface area (Å²) >= 11 is 2.04. The summed E-state index contributed by atoms with van der Waals surface area (Å²) in [5.74, 6) is 3.20. The van der Waals surface area contributed by atoms with Crippen LogP contribution in [0.2, 0.25) is 0 Å². The van der Waals surface area contributed by atoms with Crippen molar-refractivity contribution in [2.45, 2.75) is 65.0 Å². The third-order valence-electron chi connectivity index (χ3n) is 3.89. The molecule has 18 heavy (non-hydrogen) atoms. The minimum Gasteiger partial charge on any atom is -0.375 e. The van der Waals surface area contributed by atoms with Crippen LogP contribution in [0.25, 0.3) is 0 Å². The highest BCUT2D eigenvalue weighted by Gasteiger charge is 2.26. The number of rotatable bonds is 9. The van der Waals surface area contributed by atoms with E-state index in [1.165, 1.54) is 43.6 Å². The van der Waals surface area contributed by atoms with Crippen molar-refractivity contribution < 1.29 is 4.74 Å². The van der Waals surface area contributed by atoms with Crippen molar-refractivity contribution in [2.24, 2.45) is 5.92 Å². The minimum absolute atomic E-state index is 0.430. The van der Waals surface area contributed by atoms with Crippen LogP contribution in [0.4, 0.5) is 0 Å². The Morgan fingerprint density at radius 2 is 2.17 bits per heavy atom. The quantitative estimate of drug-likeness (QED) is 0.692. The van der Waals surface area contributed by atoms with Crippen LogP contribution in [0, 0.1) is 5.92 Å². The number of unbranched alkanes of at least 4 members (excludes halogenated alkanes) is 1. The fourth-order valence-electron chi connectivity index (χ4n) is 2.71. The molecule has 1 heterocycles. The Bertz CT molecular complexity index is 195. The molecule has 3 unspecified atom stereocenters. The number of likely N-dealkylation sites (N-methyl/N-ethyl adjacent to an activating group) is 1. The number of hydrogen-bond acceptors (Lipinski definition) is 3. The fourth-order valence-corrected chi connectivity index (χ4v) is 3.65. The molecule has 0 radical (unpaired) electrons. The van der Waals surface area contributed by atoms with E-state index < -0.39 is 0 Å². The van der Waals surface area contributed by atoms with E-state index in [9.17, 15) is 0 Å². The van der Waals surface area contributed by atoms with E-state index in [1.807, 2.05) is 11.8 Å². The maximum atomic E-state index is 5.96. The lowest BCUT2D eigenvalue weighted by Gasteiger charge is -2.33. The monoisotopic (exact) mass is 273 g/mol. The first-order chi connectivity index (χ1) is 8.81. The lowest BCUT2D eigenvalue weighted by Crippen LogP contribution is -2.45. The first kappa shape index (κ1) is 16.3. The van der Waals surface area contributed by atoms with Crippen molar-refractivity contribution in [1.82, 2.24) is 5.32 Å². The molecule has 0 aromatic rings. The fraction of sp³-hybridized carbons (Fsp3) is 1.00. The van der Waals surface area contributed by atoms with E-state index >= 15 is 0 Å². The van der Waals surface area contributed by atoms with E-state index in [0.717, 1.165) is 19.1 Å². The molecule has 0 aliphatic carbocycles. The van der Waals surface area contributed by atoms with Crippen LogP contribution in [-0.4, -0.2) is 36.8 Å². The molecule has 1 fully saturated rings. The normalized spacial score (nSPS) is 23.8. The second-order valence-corrected chi connectivity index (χ2v) is 6.45. The molecule has 1 aliphatic rings. The molecule has 1 aliphatic heterocycles. The van der Waals surface area contributed by atoms with E-state index in [-0.39, 0.29) is 0 Å². The van der Waals surface area contributed by atoms with E-state index in [4.69, 9.17) is 4.74 Å². The van der Waals surface area contributed by atoms with Gasteiger partial charge in [-0.3, -0.25) is 0 Å². The summed E-state index contributed by atoms with van der Waals surface area (Å²) in [5.41, 5.74) is 0. The molecular weight excluding hydrogens is 242 g/mol. The Hall–Kier alpha value is 0.270. The van der Waals surface area contributed by atoms with Crippen LogP contribution in [0.3, 0.4) is 0 Å². The Labute approximate surface area is 118 Å². The van der Waals surface area contributed by atoms with Crippen molar-refractivity contribution in [2.75, 3.05) is 24.7 Å².